The number of aromatic nitrogens is 4. The molecule has 6 heteroatoms. The summed E-state index contributed by atoms with van der Waals surface area (Å²) in [4.78, 5) is 20.4. The van der Waals surface area contributed by atoms with Gasteiger partial charge in [-0.05, 0) is 19.1 Å². The number of carbonyl (C=O) groups is 1. The number of aryl methyl sites for hydroxylation is 1. The smallest absolute Gasteiger partial charge is 0.270 e. The Morgan fingerprint density at radius 3 is 2.94 bits per heavy atom. The second-order valence-electron chi connectivity index (χ2n) is 3.58. The molecule has 2 N–H and O–H groups in total. The third kappa shape index (κ3) is 2.10. The molecule has 0 saturated heterocycles. The molecule has 0 bridgehead atoms. The Morgan fingerprint density at radius 1 is 1.56 bits per heavy atom. The van der Waals surface area contributed by atoms with Gasteiger partial charge in [-0.1, -0.05) is 0 Å². The molecule has 0 unspecified atom stereocenters. The molecule has 6 nitrogen and oxygen atoms in total. The number of hydrogen-bond acceptors (Lipinski definition) is 3. The van der Waals surface area contributed by atoms with Crippen LogP contribution in [0.4, 0.5) is 0 Å². The van der Waals surface area contributed by atoms with Crippen molar-refractivity contribution in [1.82, 2.24) is 25.1 Å². The number of carbonyl (C=O) groups excluding carboxylic acids is 1. The van der Waals surface area contributed by atoms with E-state index in [0.29, 0.717) is 18.1 Å². The number of rotatable bonds is 3. The first kappa shape index (κ1) is 10.4. The molecule has 2 aromatic heterocycles. The molecular formula is C10H13N5O. The average Bonchev–Trinajstić information content (AvgIpc) is 2.88. The first-order chi connectivity index (χ1) is 7.66. The quantitative estimate of drug-likeness (QED) is 0.798. The number of amides is 1. The van der Waals surface area contributed by atoms with Gasteiger partial charge >= 0.3 is 0 Å². The molecule has 0 aliphatic rings. The third-order valence-electron chi connectivity index (χ3n) is 2.20. The van der Waals surface area contributed by atoms with Gasteiger partial charge in [0.05, 0.1) is 6.54 Å². The summed E-state index contributed by atoms with van der Waals surface area (Å²) >= 11 is 0. The van der Waals surface area contributed by atoms with Crippen LogP contribution in [0.1, 0.15) is 22.1 Å². The normalized spacial score (nSPS) is 10.4. The van der Waals surface area contributed by atoms with Crippen LogP contribution in [0.25, 0.3) is 0 Å². The molecule has 2 rings (SSSR count). The average molecular weight is 219 g/mol. The summed E-state index contributed by atoms with van der Waals surface area (Å²) in [5, 5.41) is 6.72. The lowest BCUT2D eigenvalue weighted by atomic mass is 10.3. The van der Waals surface area contributed by atoms with Crippen LogP contribution in [0.2, 0.25) is 0 Å². The van der Waals surface area contributed by atoms with Gasteiger partial charge in [0, 0.05) is 13.2 Å². The van der Waals surface area contributed by atoms with Gasteiger partial charge in [-0.3, -0.25) is 9.89 Å². The van der Waals surface area contributed by atoms with Crippen LogP contribution < -0.4 is 0 Å². The maximum absolute atomic E-state index is 11.8. The summed E-state index contributed by atoms with van der Waals surface area (Å²) in [5.74, 6) is 1.28. The van der Waals surface area contributed by atoms with Crippen LogP contribution in [0, 0.1) is 6.92 Å². The second-order valence-corrected chi connectivity index (χ2v) is 3.58. The summed E-state index contributed by atoms with van der Waals surface area (Å²) in [5.41, 5.74) is 0.565. The van der Waals surface area contributed by atoms with E-state index in [1.54, 1.807) is 30.3 Å². The van der Waals surface area contributed by atoms with E-state index in [1.165, 1.54) is 0 Å². The fraction of sp³-hybridized carbons (Fsp3) is 0.300. The minimum Gasteiger partial charge on any atom is -0.357 e. The fourth-order valence-corrected chi connectivity index (χ4v) is 1.41. The zero-order valence-electron chi connectivity index (χ0n) is 9.19. The molecule has 0 saturated carbocycles. The zero-order chi connectivity index (χ0) is 11.5. The molecule has 0 spiro atoms. The molecule has 1 amide bonds. The lowest BCUT2D eigenvalue weighted by molar-refractivity contribution is 0.0776. The van der Waals surface area contributed by atoms with Crippen molar-refractivity contribution in [3.8, 4) is 0 Å². The molecule has 0 fully saturated rings. The van der Waals surface area contributed by atoms with Gasteiger partial charge in [-0.2, -0.15) is 5.10 Å². The molecular weight excluding hydrogens is 206 g/mol. The van der Waals surface area contributed by atoms with Gasteiger partial charge in [0.1, 0.15) is 11.5 Å². The van der Waals surface area contributed by atoms with Gasteiger partial charge in [0.15, 0.2) is 5.82 Å². The highest BCUT2D eigenvalue weighted by Gasteiger charge is 2.14. The van der Waals surface area contributed by atoms with E-state index in [1.807, 2.05) is 6.92 Å². The molecule has 0 aliphatic carbocycles. The molecule has 2 aromatic rings. The van der Waals surface area contributed by atoms with Crippen LogP contribution in [-0.2, 0) is 6.54 Å². The van der Waals surface area contributed by atoms with Crippen molar-refractivity contribution in [3.05, 3.63) is 35.7 Å². The summed E-state index contributed by atoms with van der Waals surface area (Å²) in [7, 11) is 1.72. The predicted octanol–water partition coefficient (Wildman–Crippen LogP) is 0.713. The predicted molar refractivity (Wildman–Crippen MR) is 57.7 cm³/mol. The summed E-state index contributed by atoms with van der Waals surface area (Å²) < 4.78 is 0. The molecule has 2 heterocycles. The minimum atomic E-state index is -0.0764. The van der Waals surface area contributed by atoms with Gasteiger partial charge in [-0.15, -0.1) is 0 Å². The Labute approximate surface area is 92.7 Å². The first-order valence-electron chi connectivity index (χ1n) is 4.93. The van der Waals surface area contributed by atoms with E-state index in [2.05, 4.69) is 20.2 Å². The number of nitrogens with one attached hydrogen (secondary N) is 2. The molecule has 16 heavy (non-hydrogen) atoms. The van der Waals surface area contributed by atoms with E-state index >= 15 is 0 Å². The Balaban J connectivity index is 2.03. The number of nitrogens with zero attached hydrogens (tertiary/aromatic N) is 3. The largest absolute Gasteiger partial charge is 0.357 e. The van der Waals surface area contributed by atoms with Crippen molar-refractivity contribution < 1.29 is 4.79 Å². The Bertz CT molecular complexity index is 473. The maximum atomic E-state index is 11.8. The van der Waals surface area contributed by atoms with E-state index in [9.17, 15) is 4.79 Å². The topological polar surface area (TPSA) is 77.7 Å². The SMILES string of the molecule is Cc1nc(CN(C)C(=O)c2ccc[nH]2)n[nH]1. The first-order valence-corrected chi connectivity index (χ1v) is 4.93. The van der Waals surface area contributed by atoms with Crippen molar-refractivity contribution in [2.24, 2.45) is 0 Å². The van der Waals surface area contributed by atoms with Crippen molar-refractivity contribution in [1.29, 1.82) is 0 Å². The number of hydrogen-bond donors (Lipinski definition) is 2. The number of H-pyrrole nitrogens is 2. The van der Waals surface area contributed by atoms with Gasteiger partial charge in [0.25, 0.3) is 5.91 Å². The molecule has 84 valence electrons. The standard InChI is InChI=1S/C10H13N5O/c1-7-12-9(14-13-7)6-15(2)10(16)8-4-3-5-11-8/h3-5,11H,6H2,1-2H3,(H,12,13,14). The van der Waals surface area contributed by atoms with Crippen molar-refractivity contribution >= 4 is 5.91 Å². The van der Waals surface area contributed by atoms with Crippen LogP contribution >= 0.6 is 0 Å². The van der Waals surface area contributed by atoms with Crippen molar-refractivity contribution in [3.63, 3.8) is 0 Å². The third-order valence-corrected chi connectivity index (χ3v) is 2.20. The monoisotopic (exact) mass is 219 g/mol. The lowest BCUT2D eigenvalue weighted by Crippen LogP contribution is -2.27. The van der Waals surface area contributed by atoms with Crippen LogP contribution in [0.15, 0.2) is 18.3 Å². The highest BCUT2D eigenvalue weighted by atomic mass is 16.2. The zero-order valence-corrected chi connectivity index (χ0v) is 9.19. The van der Waals surface area contributed by atoms with E-state index < -0.39 is 0 Å². The fourth-order valence-electron chi connectivity index (χ4n) is 1.41. The highest BCUT2D eigenvalue weighted by molar-refractivity contribution is 5.92. The van der Waals surface area contributed by atoms with E-state index in [-0.39, 0.29) is 5.91 Å². The van der Waals surface area contributed by atoms with E-state index in [0.717, 1.165) is 5.82 Å². The minimum absolute atomic E-state index is 0.0764. The Kier molecular flexibility index (Phi) is 2.72. The molecule has 0 atom stereocenters. The van der Waals surface area contributed by atoms with Crippen LogP contribution in [-0.4, -0.2) is 38.0 Å². The molecule has 0 radical (unpaired) electrons. The molecule has 0 aromatic carbocycles. The summed E-state index contributed by atoms with van der Waals surface area (Å²) in [6.45, 7) is 2.21. The van der Waals surface area contributed by atoms with E-state index in [4.69, 9.17) is 0 Å². The second kappa shape index (κ2) is 4.18. The van der Waals surface area contributed by atoms with Crippen molar-refractivity contribution in [2.75, 3.05) is 7.05 Å². The Hall–Kier alpha value is -2.11. The lowest BCUT2D eigenvalue weighted by Gasteiger charge is -2.13. The van der Waals surface area contributed by atoms with Gasteiger partial charge in [0.2, 0.25) is 0 Å². The number of aromatic amines is 2. The van der Waals surface area contributed by atoms with Crippen LogP contribution in [0.5, 0.6) is 0 Å². The van der Waals surface area contributed by atoms with Crippen LogP contribution in [0.3, 0.4) is 0 Å². The van der Waals surface area contributed by atoms with Crippen molar-refractivity contribution in [2.45, 2.75) is 13.5 Å². The molecule has 0 aliphatic heterocycles. The summed E-state index contributed by atoms with van der Waals surface area (Å²) in [6, 6.07) is 3.53. The maximum Gasteiger partial charge on any atom is 0.270 e. The Morgan fingerprint density at radius 2 is 2.38 bits per heavy atom. The van der Waals surface area contributed by atoms with Gasteiger partial charge < -0.3 is 9.88 Å². The summed E-state index contributed by atoms with van der Waals surface area (Å²) in [6.07, 6.45) is 1.72. The highest BCUT2D eigenvalue weighted by Crippen LogP contribution is 2.03. The van der Waals surface area contributed by atoms with Gasteiger partial charge in [-0.25, -0.2) is 4.98 Å².